The Morgan fingerprint density at radius 1 is 0.870 bits per heavy atom. The molecule has 131 valence electrons. The first-order valence-corrected chi connectivity index (χ1v) is 10.5. The van der Waals surface area contributed by atoms with Crippen molar-refractivity contribution in [1.29, 1.82) is 0 Å². The Bertz CT molecular complexity index is 418. The average Bonchev–Trinajstić information content (AvgIpc) is 3.11. The Morgan fingerprint density at radius 2 is 1.48 bits per heavy atom. The van der Waals surface area contributed by atoms with Crippen molar-refractivity contribution >= 4 is 0 Å². The van der Waals surface area contributed by atoms with Crippen molar-refractivity contribution in [2.75, 3.05) is 0 Å². The SMILES string of the molecule is CC1(C)C2CCC1(C)C1OC([C]3CCCCCCCCC3)CC21. The van der Waals surface area contributed by atoms with Gasteiger partial charge < -0.3 is 4.74 Å². The largest absolute Gasteiger partial charge is 0.373 e. The van der Waals surface area contributed by atoms with E-state index in [4.69, 9.17) is 4.74 Å². The van der Waals surface area contributed by atoms with E-state index >= 15 is 0 Å². The summed E-state index contributed by atoms with van der Waals surface area (Å²) in [5, 5.41) is 0. The second-order valence-corrected chi connectivity index (χ2v) is 9.86. The second kappa shape index (κ2) is 6.04. The first-order chi connectivity index (χ1) is 11.0. The van der Waals surface area contributed by atoms with Gasteiger partial charge in [0.25, 0.3) is 0 Å². The summed E-state index contributed by atoms with van der Waals surface area (Å²) in [6.07, 6.45) is 18.1. The van der Waals surface area contributed by atoms with E-state index in [0.717, 1.165) is 11.8 Å². The fraction of sp³-hybridized carbons (Fsp3) is 0.955. The lowest BCUT2D eigenvalue weighted by molar-refractivity contribution is -0.0525. The predicted molar refractivity (Wildman–Crippen MR) is 96.2 cm³/mol. The molecule has 5 unspecified atom stereocenters. The van der Waals surface area contributed by atoms with Gasteiger partial charge in [-0.2, -0.15) is 0 Å². The van der Waals surface area contributed by atoms with Crippen molar-refractivity contribution in [2.45, 2.75) is 110 Å². The van der Waals surface area contributed by atoms with Gasteiger partial charge >= 0.3 is 0 Å². The highest BCUT2D eigenvalue weighted by atomic mass is 16.5. The molecule has 4 fully saturated rings. The van der Waals surface area contributed by atoms with Crippen molar-refractivity contribution in [3.63, 3.8) is 0 Å². The Balaban J connectivity index is 1.44. The summed E-state index contributed by atoms with van der Waals surface area (Å²) < 4.78 is 6.83. The van der Waals surface area contributed by atoms with E-state index in [0.29, 0.717) is 23.0 Å². The molecule has 0 spiro atoms. The summed E-state index contributed by atoms with van der Waals surface area (Å²) in [5.41, 5.74) is 0.932. The van der Waals surface area contributed by atoms with Gasteiger partial charge in [0.15, 0.2) is 0 Å². The van der Waals surface area contributed by atoms with Crippen LogP contribution in [0.15, 0.2) is 0 Å². The molecule has 1 heteroatoms. The topological polar surface area (TPSA) is 9.23 Å². The van der Waals surface area contributed by atoms with Crippen molar-refractivity contribution in [2.24, 2.45) is 22.7 Å². The summed E-state index contributed by atoms with van der Waals surface area (Å²) in [7, 11) is 0. The number of hydrogen-bond acceptors (Lipinski definition) is 1. The third-order valence-electron chi connectivity index (χ3n) is 8.66. The number of hydrogen-bond donors (Lipinski definition) is 0. The molecule has 1 nitrogen and oxygen atoms in total. The highest BCUT2D eigenvalue weighted by molar-refractivity contribution is 5.19. The van der Waals surface area contributed by atoms with Gasteiger partial charge in [0.2, 0.25) is 0 Å². The van der Waals surface area contributed by atoms with E-state index in [1.54, 1.807) is 5.92 Å². The van der Waals surface area contributed by atoms with Crippen molar-refractivity contribution < 1.29 is 4.74 Å². The Kier molecular flexibility index (Phi) is 4.32. The molecule has 3 aliphatic carbocycles. The van der Waals surface area contributed by atoms with Gasteiger partial charge in [0.05, 0.1) is 12.2 Å². The van der Waals surface area contributed by atoms with E-state index < -0.39 is 0 Å². The zero-order valence-corrected chi connectivity index (χ0v) is 15.7. The first kappa shape index (κ1) is 16.4. The van der Waals surface area contributed by atoms with Gasteiger partial charge in [-0.05, 0) is 54.8 Å². The zero-order chi connectivity index (χ0) is 16.1. The number of ether oxygens (including phenoxy) is 1. The predicted octanol–water partition coefficient (Wildman–Crippen LogP) is 6.32. The summed E-state index contributed by atoms with van der Waals surface area (Å²) in [6.45, 7) is 7.59. The summed E-state index contributed by atoms with van der Waals surface area (Å²) in [6, 6.07) is 0. The fourth-order valence-corrected chi connectivity index (χ4v) is 6.82. The average molecular weight is 318 g/mol. The molecule has 3 saturated carbocycles. The molecule has 0 aromatic rings. The van der Waals surface area contributed by atoms with Crippen LogP contribution >= 0.6 is 0 Å². The molecule has 23 heavy (non-hydrogen) atoms. The molecule has 1 heterocycles. The Morgan fingerprint density at radius 3 is 2.09 bits per heavy atom. The lowest BCUT2D eigenvalue weighted by Crippen LogP contribution is -2.38. The quantitative estimate of drug-likeness (QED) is 0.550. The van der Waals surface area contributed by atoms with Crippen LogP contribution in [-0.4, -0.2) is 12.2 Å². The molecule has 1 aliphatic heterocycles. The van der Waals surface area contributed by atoms with Crippen LogP contribution in [0.25, 0.3) is 0 Å². The molecule has 4 rings (SSSR count). The maximum absolute atomic E-state index is 6.83. The molecule has 2 bridgehead atoms. The van der Waals surface area contributed by atoms with Gasteiger partial charge in [0.1, 0.15) is 0 Å². The van der Waals surface area contributed by atoms with Crippen LogP contribution in [0, 0.1) is 28.6 Å². The zero-order valence-electron chi connectivity index (χ0n) is 15.7. The molecular formula is C22H37O. The van der Waals surface area contributed by atoms with Gasteiger partial charge in [-0.1, -0.05) is 65.7 Å². The smallest absolute Gasteiger partial charge is 0.0669 e. The standard InChI is InChI=1S/C22H37O/c1-21(2)18-13-14-22(21,3)20-17(18)15-19(23-20)16-11-9-7-5-4-6-8-10-12-16/h17-20H,4-15H2,1-3H3. The van der Waals surface area contributed by atoms with Crippen molar-refractivity contribution in [3.05, 3.63) is 5.92 Å². The third-order valence-corrected chi connectivity index (χ3v) is 8.66. The van der Waals surface area contributed by atoms with E-state index in [9.17, 15) is 0 Å². The molecule has 0 aromatic heterocycles. The van der Waals surface area contributed by atoms with Crippen molar-refractivity contribution in [1.82, 2.24) is 0 Å². The normalized spacial score (nSPS) is 47.6. The van der Waals surface area contributed by atoms with E-state index in [1.165, 1.54) is 77.0 Å². The van der Waals surface area contributed by atoms with E-state index in [-0.39, 0.29) is 0 Å². The number of rotatable bonds is 1. The number of fused-ring (bicyclic) bond motifs is 5. The first-order valence-electron chi connectivity index (χ1n) is 10.5. The molecule has 1 radical (unpaired) electrons. The van der Waals surface area contributed by atoms with Gasteiger partial charge in [0, 0.05) is 5.92 Å². The molecular weight excluding hydrogens is 280 g/mol. The minimum atomic E-state index is 0.438. The summed E-state index contributed by atoms with van der Waals surface area (Å²) in [4.78, 5) is 0. The van der Waals surface area contributed by atoms with E-state index in [2.05, 4.69) is 20.8 Å². The minimum Gasteiger partial charge on any atom is -0.373 e. The summed E-state index contributed by atoms with van der Waals surface area (Å²) in [5.74, 6) is 3.57. The molecule has 0 aromatic carbocycles. The van der Waals surface area contributed by atoms with Crippen LogP contribution < -0.4 is 0 Å². The minimum absolute atomic E-state index is 0.438. The molecule has 1 saturated heterocycles. The van der Waals surface area contributed by atoms with Crippen molar-refractivity contribution in [3.8, 4) is 0 Å². The van der Waals surface area contributed by atoms with Crippen LogP contribution in [0.1, 0.15) is 97.8 Å². The monoisotopic (exact) mass is 317 g/mol. The maximum atomic E-state index is 6.83. The Hall–Kier alpha value is -0.0400. The molecule has 0 N–H and O–H groups in total. The van der Waals surface area contributed by atoms with Crippen LogP contribution in [0.2, 0.25) is 0 Å². The fourth-order valence-electron chi connectivity index (χ4n) is 6.82. The second-order valence-electron chi connectivity index (χ2n) is 9.86. The molecule has 5 atom stereocenters. The van der Waals surface area contributed by atoms with Crippen LogP contribution in [0.3, 0.4) is 0 Å². The van der Waals surface area contributed by atoms with Gasteiger partial charge in [-0.25, -0.2) is 0 Å². The lowest BCUT2D eigenvalue weighted by Gasteiger charge is -2.39. The van der Waals surface area contributed by atoms with Gasteiger partial charge in [-0.15, -0.1) is 0 Å². The Labute approximate surface area is 143 Å². The maximum Gasteiger partial charge on any atom is 0.0669 e. The highest BCUT2D eigenvalue weighted by Gasteiger charge is 2.69. The van der Waals surface area contributed by atoms with Gasteiger partial charge in [-0.3, -0.25) is 0 Å². The molecule has 0 amide bonds. The van der Waals surface area contributed by atoms with E-state index in [1.807, 2.05) is 0 Å². The summed E-state index contributed by atoms with van der Waals surface area (Å²) >= 11 is 0. The van der Waals surface area contributed by atoms with Crippen LogP contribution in [-0.2, 0) is 4.74 Å². The van der Waals surface area contributed by atoms with Crippen LogP contribution in [0.4, 0.5) is 0 Å². The third kappa shape index (κ3) is 2.52. The van der Waals surface area contributed by atoms with Crippen LogP contribution in [0.5, 0.6) is 0 Å². The lowest BCUT2D eigenvalue weighted by atomic mass is 9.70. The highest BCUT2D eigenvalue weighted by Crippen LogP contribution is 2.71. The molecule has 4 aliphatic rings.